The van der Waals surface area contributed by atoms with Gasteiger partial charge in [-0.1, -0.05) is 12.1 Å². The van der Waals surface area contributed by atoms with E-state index >= 15 is 0 Å². The summed E-state index contributed by atoms with van der Waals surface area (Å²) in [7, 11) is 1.73. The first-order valence-corrected chi connectivity index (χ1v) is 6.26. The van der Waals surface area contributed by atoms with Crippen LogP contribution in [0, 0.1) is 5.41 Å². The Kier molecular flexibility index (Phi) is 5.21. The zero-order chi connectivity index (χ0) is 12.9. The van der Waals surface area contributed by atoms with E-state index in [0.29, 0.717) is 18.3 Å². The van der Waals surface area contributed by atoms with Gasteiger partial charge in [0.15, 0.2) is 0 Å². The maximum atomic E-state index is 8.64. The van der Waals surface area contributed by atoms with Crippen molar-refractivity contribution in [2.45, 2.75) is 39.2 Å². The molecule has 0 spiro atoms. The Hall–Kier alpha value is -0.810. The summed E-state index contributed by atoms with van der Waals surface area (Å²) in [6, 6.07) is 0.412. The molecule has 1 atom stereocenters. The van der Waals surface area contributed by atoms with Crippen molar-refractivity contribution in [1.82, 2.24) is 4.90 Å². The van der Waals surface area contributed by atoms with Gasteiger partial charge in [-0.05, 0) is 31.7 Å². The molecule has 1 rings (SSSR count). The Morgan fingerprint density at radius 3 is 2.65 bits per heavy atom. The summed E-state index contributed by atoms with van der Waals surface area (Å²) < 4.78 is 5.19. The van der Waals surface area contributed by atoms with Crippen molar-refractivity contribution in [3.8, 4) is 0 Å². The van der Waals surface area contributed by atoms with Crippen LogP contribution in [0.5, 0.6) is 0 Å². The van der Waals surface area contributed by atoms with E-state index in [0.717, 1.165) is 19.7 Å². The molecule has 0 aromatic heterocycles. The first kappa shape index (κ1) is 14.3. The van der Waals surface area contributed by atoms with Crippen molar-refractivity contribution in [3.63, 3.8) is 0 Å². The Bertz CT molecular complexity index is 264. The lowest BCUT2D eigenvalue weighted by atomic mass is 10.0. The van der Waals surface area contributed by atoms with Gasteiger partial charge in [0.25, 0.3) is 0 Å². The minimum atomic E-state index is 0.230. The molecule has 0 aliphatic heterocycles. The minimum Gasteiger partial charge on any atom is -0.409 e. The Morgan fingerprint density at radius 1 is 1.59 bits per heavy atom. The third-order valence-electron chi connectivity index (χ3n) is 3.62. The van der Waals surface area contributed by atoms with Gasteiger partial charge in [0.2, 0.25) is 0 Å². The van der Waals surface area contributed by atoms with Crippen LogP contribution < -0.4 is 5.73 Å². The van der Waals surface area contributed by atoms with Crippen molar-refractivity contribution in [1.29, 1.82) is 0 Å². The predicted octanol–water partition coefficient (Wildman–Crippen LogP) is 1.26. The van der Waals surface area contributed by atoms with Crippen molar-refractivity contribution in [2.75, 3.05) is 26.8 Å². The molecule has 0 radical (unpaired) electrons. The van der Waals surface area contributed by atoms with Gasteiger partial charge in [-0.2, -0.15) is 0 Å². The molecule has 3 N–H and O–H groups in total. The van der Waals surface area contributed by atoms with Gasteiger partial charge in [0.1, 0.15) is 5.84 Å². The number of ether oxygens (including phenoxy) is 1. The van der Waals surface area contributed by atoms with Crippen LogP contribution in [0.3, 0.4) is 0 Å². The number of amidine groups is 1. The average Bonchev–Trinajstić information content (AvgIpc) is 3.06. The van der Waals surface area contributed by atoms with Crippen LogP contribution in [0.25, 0.3) is 0 Å². The summed E-state index contributed by atoms with van der Waals surface area (Å²) in [6.07, 6.45) is 3.03. The molecule has 1 fully saturated rings. The summed E-state index contributed by atoms with van der Waals surface area (Å²) in [6.45, 7) is 7.08. The summed E-state index contributed by atoms with van der Waals surface area (Å²) in [5.41, 5.74) is 5.84. The highest BCUT2D eigenvalue weighted by molar-refractivity contribution is 5.80. The van der Waals surface area contributed by atoms with Gasteiger partial charge >= 0.3 is 0 Å². The van der Waals surface area contributed by atoms with Gasteiger partial charge in [0.05, 0.1) is 6.61 Å². The molecule has 5 nitrogen and oxygen atoms in total. The quantitative estimate of drug-likeness (QED) is 0.291. The molecule has 0 heterocycles. The van der Waals surface area contributed by atoms with Crippen molar-refractivity contribution in [2.24, 2.45) is 16.3 Å². The normalized spacial score (nSPS) is 20.6. The second-order valence-electron chi connectivity index (χ2n) is 5.14. The number of rotatable bonds is 8. The van der Waals surface area contributed by atoms with Crippen molar-refractivity contribution >= 4 is 5.84 Å². The number of nitrogens with two attached hydrogens (primary N) is 1. The first-order chi connectivity index (χ1) is 8.06. The molecule has 100 valence electrons. The van der Waals surface area contributed by atoms with Crippen molar-refractivity contribution < 1.29 is 9.94 Å². The van der Waals surface area contributed by atoms with Crippen LogP contribution in [0.4, 0.5) is 0 Å². The number of oxime groups is 1. The highest BCUT2D eigenvalue weighted by atomic mass is 16.5. The average molecular weight is 243 g/mol. The molecule has 1 aliphatic carbocycles. The third kappa shape index (κ3) is 4.16. The monoisotopic (exact) mass is 243 g/mol. The van der Waals surface area contributed by atoms with Gasteiger partial charge in [-0.25, -0.2) is 0 Å². The van der Waals surface area contributed by atoms with Crippen molar-refractivity contribution in [3.05, 3.63) is 0 Å². The van der Waals surface area contributed by atoms with E-state index in [1.54, 1.807) is 7.11 Å². The molecule has 0 bridgehead atoms. The van der Waals surface area contributed by atoms with E-state index in [2.05, 4.69) is 23.9 Å². The van der Waals surface area contributed by atoms with Crippen LogP contribution in [-0.2, 0) is 4.74 Å². The highest BCUT2D eigenvalue weighted by Crippen LogP contribution is 2.49. The van der Waals surface area contributed by atoms with Crippen LogP contribution in [0.1, 0.15) is 33.1 Å². The molecule has 1 aliphatic rings. The number of likely N-dealkylation sites (N-methyl/N-ethyl adjacent to an activating group) is 1. The van der Waals surface area contributed by atoms with Gasteiger partial charge in [-0.15, -0.1) is 0 Å². The van der Waals surface area contributed by atoms with E-state index in [4.69, 9.17) is 15.7 Å². The van der Waals surface area contributed by atoms with E-state index in [9.17, 15) is 0 Å². The molecule has 17 heavy (non-hydrogen) atoms. The Morgan fingerprint density at radius 2 is 2.24 bits per heavy atom. The highest BCUT2D eigenvalue weighted by Gasteiger charge is 2.44. The molecule has 1 saturated carbocycles. The topological polar surface area (TPSA) is 71.1 Å². The second-order valence-corrected chi connectivity index (χ2v) is 5.14. The van der Waals surface area contributed by atoms with E-state index in [1.807, 2.05) is 0 Å². The number of hydrogen-bond donors (Lipinski definition) is 2. The van der Waals surface area contributed by atoms with Gasteiger partial charge < -0.3 is 15.7 Å². The standard InChI is InChI=1S/C12H25N3O2/c1-4-15(10(2)8-17-3)9-12(5-6-12)7-11(13)14-16/h10,16H,4-9H2,1-3H3,(H2,13,14). The maximum Gasteiger partial charge on any atom is 0.139 e. The van der Waals surface area contributed by atoms with E-state index in [-0.39, 0.29) is 5.41 Å². The fraction of sp³-hybridized carbons (Fsp3) is 0.917. The van der Waals surface area contributed by atoms with Crippen LogP contribution >= 0.6 is 0 Å². The molecular weight excluding hydrogens is 218 g/mol. The molecular formula is C12H25N3O2. The van der Waals surface area contributed by atoms with Crippen LogP contribution in [0.15, 0.2) is 5.16 Å². The maximum absolute atomic E-state index is 8.64. The lowest BCUT2D eigenvalue weighted by molar-refractivity contribution is 0.0887. The number of methoxy groups -OCH3 is 1. The Balaban J connectivity index is 2.50. The van der Waals surface area contributed by atoms with Gasteiger partial charge in [-0.3, -0.25) is 4.90 Å². The lowest BCUT2D eigenvalue weighted by Gasteiger charge is -2.31. The first-order valence-electron chi connectivity index (χ1n) is 6.26. The number of hydrogen-bond acceptors (Lipinski definition) is 4. The SMILES string of the molecule is CCN(CC1(CC(N)=NO)CC1)C(C)COC. The minimum absolute atomic E-state index is 0.230. The van der Waals surface area contributed by atoms with Crippen LogP contribution in [0.2, 0.25) is 0 Å². The largest absolute Gasteiger partial charge is 0.409 e. The molecule has 5 heteroatoms. The zero-order valence-electron chi connectivity index (χ0n) is 11.1. The van der Waals surface area contributed by atoms with Crippen LogP contribution in [-0.4, -0.2) is 48.8 Å². The molecule has 0 saturated heterocycles. The molecule has 0 aromatic carbocycles. The summed E-state index contributed by atoms with van der Waals surface area (Å²) in [5.74, 6) is 0.345. The fourth-order valence-electron chi connectivity index (χ4n) is 2.34. The molecule has 1 unspecified atom stereocenters. The summed E-state index contributed by atoms with van der Waals surface area (Å²) >= 11 is 0. The zero-order valence-corrected chi connectivity index (χ0v) is 11.1. The van der Waals surface area contributed by atoms with Gasteiger partial charge in [0, 0.05) is 26.1 Å². The third-order valence-corrected chi connectivity index (χ3v) is 3.62. The second kappa shape index (κ2) is 6.21. The number of nitrogens with zero attached hydrogens (tertiary/aromatic N) is 2. The smallest absolute Gasteiger partial charge is 0.139 e. The molecule has 0 aromatic rings. The Labute approximate surface area is 104 Å². The summed E-state index contributed by atoms with van der Waals surface area (Å²) in [4.78, 5) is 2.40. The van der Waals surface area contributed by atoms with E-state index < -0.39 is 0 Å². The lowest BCUT2D eigenvalue weighted by Crippen LogP contribution is -2.41. The molecule has 0 amide bonds. The predicted molar refractivity (Wildman–Crippen MR) is 68.3 cm³/mol. The summed E-state index contributed by atoms with van der Waals surface area (Å²) in [5, 5.41) is 11.7. The van der Waals surface area contributed by atoms with E-state index in [1.165, 1.54) is 12.8 Å². The fourth-order valence-corrected chi connectivity index (χ4v) is 2.34.